The number of benzene rings is 1. The summed E-state index contributed by atoms with van der Waals surface area (Å²) in [5.74, 6) is 6.19. The Kier molecular flexibility index (Phi) is 5.50. The minimum atomic E-state index is -3.73. The van der Waals surface area contributed by atoms with Crippen LogP contribution in [0, 0.1) is 17.3 Å². The van der Waals surface area contributed by atoms with Gasteiger partial charge in [-0.1, -0.05) is 56.9 Å². The van der Waals surface area contributed by atoms with Gasteiger partial charge in [0, 0.05) is 42.0 Å². The van der Waals surface area contributed by atoms with Crippen LogP contribution in [-0.2, 0) is 15.6 Å². The van der Waals surface area contributed by atoms with Crippen LogP contribution < -0.4 is 5.14 Å². The molecule has 170 valence electrons. The fourth-order valence-electron chi connectivity index (χ4n) is 4.83. The number of nitrogens with two attached hydrogens (primary N) is 1. The third-order valence-corrected chi connectivity index (χ3v) is 8.55. The van der Waals surface area contributed by atoms with Crippen molar-refractivity contribution in [1.29, 1.82) is 0 Å². The van der Waals surface area contributed by atoms with Crippen molar-refractivity contribution in [3.8, 4) is 11.8 Å². The van der Waals surface area contributed by atoms with Crippen molar-refractivity contribution < 1.29 is 13.5 Å². The maximum Gasteiger partial charge on any atom is 0.226 e. The van der Waals surface area contributed by atoms with E-state index in [1.165, 1.54) is 5.56 Å². The van der Waals surface area contributed by atoms with E-state index < -0.39 is 25.8 Å². The summed E-state index contributed by atoms with van der Waals surface area (Å²) in [6.07, 6.45) is 4.16. The van der Waals surface area contributed by atoms with Crippen LogP contribution in [0.4, 0.5) is 0 Å². The monoisotopic (exact) mass is 453 g/mol. The maximum absolute atomic E-state index is 12.2. The molecule has 0 spiro atoms. The van der Waals surface area contributed by atoms with Gasteiger partial charge in [0.05, 0.1) is 0 Å². The average Bonchev–Trinajstić information content (AvgIpc) is 3.52. The molecule has 1 aromatic carbocycles. The predicted molar refractivity (Wildman–Crippen MR) is 125 cm³/mol. The zero-order chi connectivity index (χ0) is 23.4. The molecule has 1 saturated carbocycles. The highest BCUT2D eigenvalue weighted by Gasteiger charge is 2.55. The number of nitrogens with zero attached hydrogens (tertiary/aromatic N) is 2. The quantitative estimate of drug-likeness (QED) is 0.679. The molecule has 6 nitrogen and oxygen atoms in total. The van der Waals surface area contributed by atoms with Gasteiger partial charge < -0.3 is 10.0 Å². The second-order valence-electron chi connectivity index (χ2n) is 9.97. The molecular formula is C25H31N3O3S. The summed E-state index contributed by atoms with van der Waals surface area (Å²) < 4.78 is 22.5. The molecule has 1 unspecified atom stereocenters. The lowest BCUT2D eigenvalue weighted by atomic mass is 9.62. The number of primary sulfonamides is 1. The number of aliphatic hydroxyl groups is 1. The van der Waals surface area contributed by atoms with Crippen LogP contribution in [0.15, 0.2) is 42.7 Å². The standard InChI is InChI=1S/C25H31N3O3S/c1-18(2)20-5-7-21(8-6-20)25(29,23(3)16-28(4)17-23)22-13-19(14-27-15-22)9-10-24(11-12-24)32(26,30)31/h5-8,13-15,18,29H,11-12,16-17H2,1-4H3,(H2,26,30,31). The molecule has 1 aromatic heterocycles. The SMILES string of the molecule is CC(C)c1ccc(C(O)(c2cncc(C#CC3(S(N)(=O)=O)CC3)c2)C2(C)CN(C)C2)cc1. The molecule has 1 atom stereocenters. The van der Waals surface area contributed by atoms with Crippen molar-refractivity contribution in [3.05, 3.63) is 65.0 Å². The van der Waals surface area contributed by atoms with E-state index in [0.717, 1.165) is 18.7 Å². The van der Waals surface area contributed by atoms with E-state index in [1.54, 1.807) is 12.4 Å². The Morgan fingerprint density at radius 1 is 1.16 bits per heavy atom. The van der Waals surface area contributed by atoms with Gasteiger partial charge in [0.2, 0.25) is 10.0 Å². The lowest BCUT2D eigenvalue weighted by molar-refractivity contribution is -0.127. The third kappa shape index (κ3) is 3.75. The van der Waals surface area contributed by atoms with Crippen LogP contribution in [0.2, 0.25) is 0 Å². The molecule has 1 aliphatic heterocycles. The number of sulfonamides is 1. The summed E-state index contributed by atoms with van der Waals surface area (Å²) in [6, 6.07) is 9.95. The topological polar surface area (TPSA) is 96.5 Å². The zero-order valence-corrected chi connectivity index (χ0v) is 19.9. The van der Waals surface area contributed by atoms with Crippen molar-refractivity contribution >= 4 is 10.0 Å². The molecule has 0 amide bonds. The van der Waals surface area contributed by atoms with Gasteiger partial charge in [-0.2, -0.15) is 0 Å². The van der Waals surface area contributed by atoms with Crippen LogP contribution in [0.5, 0.6) is 0 Å². The van der Waals surface area contributed by atoms with Crippen LogP contribution in [0.1, 0.15) is 61.8 Å². The van der Waals surface area contributed by atoms with E-state index in [1.807, 2.05) is 25.2 Å². The first-order valence-corrected chi connectivity index (χ1v) is 12.5. The number of rotatable bonds is 5. The third-order valence-electron chi connectivity index (χ3n) is 6.95. The Bertz CT molecular complexity index is 1180. The lowest BCUT2D eigenvalue weighted by Gasteiger charge is -2.55. The molecule has 1 saturated heterocycles. The molecule has 4 rings (SSSR count). The Hall–Kier alpha value is -2.24. The van der Waals surface area contributed by atoms with E-state index in [4.69, 9.17) is 5.14 Å². The van der Waals surface area contributed by atoms with Gasteiger partial charge >= 0.3 is 0 Å². The first-order valence-electron chi connectivity index (χ1n) is 10.9. The van der Waals surface area contributed by atoms with E-state index in [2.05, 4.69) is 54.6 Å². The normalized spacial score (nSPS) is 21.2. The minimum absolute atomic E-state index is 0.399. The second kappa shape index (κ2) is 7.67. The fraction of sp³-hybridized carbons (Fsp3) is 0.480. The van der Waals surface area contributed by atoms with Gasteiger partial charge in [0.15, 0.2) is 0 Å². The van der Waals surface area contributed by atoms with Gasteiger partial charge in [-0.3, -0.25) is 4.98 Å². The van der Waals surface area contributed by atoms with E-state index in [-0.39, 0.29) is 0 Å². The Balaban J connectivity index is 1.77. The van der Waals surface area contributed by atoms with Gasteiger partial charge in [0.25, 0.3) is 0 Å². The van der Waals surface area contributed by atoms with Crippen LogP contribution in [0.25, 0.3) is 0 Å². The molecule has 1 aliphatic carbocycles. The average molecular weight is 454 g/mol. The highest BCUT2D eigenvalue weighted by atomic mass is 32.2. The Labute approximate surface area is 190 Å². The van der Waals surface area contributed by atoms with Crippen LogP contribution >= 0.6 is 0 Å². The van der Waals surface area contributed by atoms with E-state index in [9.17, 15) is 13.5 Å². The minimum Gasteiger partial charge on any atom is -0.380 e. The van der Waals surface area contributed by atoms with Crippen molar-refractivity contribution in [2.75, 3.05) is 20.1 Å². The number of aromatic nitrogens is 1. The summed E-state index contributed by atoms with van der Waals surface area (Å²) in [5, 5.41) is 17.6. The second-order valence-corrected chi connectivity index (χ2v) is 11.8. The van der Waals surface area contributed by atoms with E-state index >= 15 is 0 Å². The van der Waals surface area contributed by atoms with E-state index in [0.29, 0.717) is 29.9 Å². The molecule has 2 aliphatic rings. The maximum atomic E-state index is 12.2. The smallest absolute Gasteiger partial charge is 0.226 e. The van der Waals surface area contributed by atoms with Crippen molar-refractivity contribution in [2.24, 2.45) is 10.6 Å². The van der Waals surface area contributed by atoms with Crippen molar-refractivity contribution in [2.45, 2.75) is 49.9 Å². The number of pyridine rings is 1. The predicted octanol–water partition coefficient (Wildman–Crippen LogP) is 2.57. The largest absolute Gasteiger partial charge is 0.380 e. The molecule has 0 bridgehead atoms. The zero-order valence-electron chi connectivity index (χ0n) is 19.1. The number of likely N-dealkylation sites (tertiary alicyclic amines) is 1. The molecule has 3 N–H and O–H groups in total. The molecule has 0 radical (unpaired) electrons. The Morgan fingerprint density at radius 2 is 1.78 bits per heavy atom. The lowest BCUT2D eigenvalue weighted by Crippen LogP contribution is -2.63. The number of hydrogen-bond acceptors (Lipinski definition) is 5. The molecular weight excluding hydrogens is 422 g/mol. The molecule has 2 fully saturated rings. The van der Waals surface area contributed by atoms with Gasteiger partial charge in [-0.15, -0.1) is 0 Å². The highest BCUT2D eigenvalue weighted by molar-refractivity contribution is 7.91. The summed E-state index contributed by atoms with van der Waals surface area (Å²) in [6.45, 7) is 7.84. The highest BCUT2D eigenvalue weighted by Crippen LogP contribution is 2.50. The molecule has 32 heavy (non-hydrogen) atoms. The van der Waals surface area contributed by atoms with Crippen molar-refractivity contribution in [3.63, 3.8) is 0 Å². The summed E-state index contributed by atoms with van der Waals surface area (Å²) >= 11 is 0. The molecule has 2 heterocycles. The first-order chi connectivity index (χ1) is 14.9. The summed E-state index contributed by atoms with van der Waals surface area (Å²) in [4.78, 5) is 6.51. The van der Waals surface area contributed by atoms with Gasteiger partial charge in [-0.25, -0.2) is 13.6 Å². The number of hydrogen-bond donors (Lipinski definition) is 2. The summed E-state index contributed by atoms with van der Waals surface area (Å²) in [7, 11) is -1.69. The first kappa shape index (κ1) is 22.9. The van der Waals surface area contributed by atoms with Crippen LogP contribution in [0.3, 0.4) is 0 Å². The summed E-state index contributed by atoms with van der Waals surface area (Å²) in [5.41, 5.74) is 1.56. The van der Waals surface area contributed by atoms with Gasteiger partial charge in [0.1, 0.15) is 10.3 Å². The molecule has 2 aromatic rings. The Morgan fingerprint density at radius 3 is 2.28 bits per heavy atom. The van der Waals surface area contributed by atoms with Crippen LogP contribution in [-0.4, -0.2) is 48.3 Å². The van der Waals surface area contributed by atoms with Crippen molar-refractivity contribution in [1.82, 2.24) is 9.88 Å². The molecule has 7 heteroatoms. The van der Waals surface area contributed by atoms with Gasteiger partial charge in [-0.05, 0) is 43.0 Å². The fourth-order valence-corrected chi connectivity index (χ4v) is 5.70.